The van der Waals surface area contributed by atoms with Gasteiger partial charge in [0.1, 0.15) is 0 Å². The molecule has 1 amide bonds. The van der Waals surface area contributed by atoms with E-state index in [-0.39, 0.29) is 49.6 Å². The van der Waals surface area contributed by atoms with Crippen LogP contribution in [0.5, 0.6) is 0 Å². The molecule has 0 spiro atoms. The Morgan fingerprint density at radius 3 is 2.68 bits per heavy atom. The van der Waals surface area contributed by atoms with Crippen molar-refractivity contribution in [2.75, 3.05) is 6.54 Å². The predicted octanol–water partition coefficient (Wildman–Crippen LogP) is 3.12. The summed E-state index contributed by atoms with van der Waals surface area (Å²) in [6, 6.07) is 3.75. The molecule has 2 rings (SSSR count). The van der Waals surface area contributed by atoms with E-state index < -0.39 is 17.6 Å². The van der Waals surface area contributed by atoms with Gasteiger partial charge in [-0.15, -0.1) is 0 Å². The first kappa shape index (κ1) is 19.3. The molecule has 138 valence electrons. The van der Waals surface area contributed by atoms with E-state index in [1.54, 1.807) is 0 Å². The molecular formula is C18H23F2NO4. The van der Waals surface area contributed by atoms with E-state index in [1.807, 2.05) is 6.92 Å². The maximum absolute atomic E-state index is 13.8. The van der Waals surface area contributed by atoms with E-state index in [1.165, 1.54) is 17.0 Å². The molecule has 1 aliphatic heterocycles. The highest BCUT2D eigenvalue weighted by molar-refractivity contribution is 5.77. The van der Waals surface area contributed by atoms with Crippen LogP contribution in [0.4, 0.5) is 8.78 Å². The number of benzene rings is 1. The van der Waals surface area contributed by atoms with Crippen LogP contribution in [0.1, 0.15) is 44.6 Å². The number of ether oxygens (including phenoxy) is 1. The summed E-state index contributed by atoms with van der Waals surface area (Å²) in [5.41, 5.74) is 0.0319. The Balaban J connectivity index is 1.99. The van der Waals surface area contributed by atoms with Gasteiger partial charge in [0.05, 0.1) is 18.6 Å². The molecule has 7 heteroatoms. The lowest BCUT2D eigenvalue weighted by atomic mass is 10.1. The van der Waals surface area contributed by atoms with Gasteiger partial charge < -0.3 is 14.7 Å². The minimum Gasteiger partial charge on any atom is -0.481 e. The van der Waals surface area contributed by atoms with Crippen LogP contribution in [-0.4, -0.2) is 40.6 Å². The Morgan fingerprint density at radius 2 is 2.04 bits per heavy atom. The number of amides is 1. The first-order chi connectivity index (χ1) is 11.9. The van der Waals surface area contributed by atoms with Crippen LogP contribution in [0.25, 0.3) is 0 Å². The number of halogens is 2. The fraction of sp³-hybridized carbons (Fsp3) is 0.556. The number of carbonyl (C=O) groups excluding carboxylic acids is 1. The number of nitrogens with zero attached hydrogens (tertiary/aromatic N) is 1. The SMILES string of the molecule is CC1CCC(CCC(=O)N(CCC(=O)O)Cc2cccc(F)c2F)O1. The van der Waals surface area contributed by atoms with Crippen molar-refractivity contribution < 1.29 is 28.2 Å². The third kappa shape index (κ3) is 5.77. The second-order valence-electron chi connectivity index (χ2n) is 6.36. The third-order valence-electron chi connectivity index (χ3n) is 4.34. The average molecular weight is 355 g/mol. The van der Waals surface area contributed by atoms with Crippen LogP contribution in [0, 0.1) is 11.6 Å². The largest absolute Gasteiger partial charge is 0.481 e. The quantitative estimate of drug-likeness (QED) is 0.778. The van der Waals surface area contributed by atoms with E-state index in [2.05, 4.69) is 0 Å². The van der Waals surface area contributed by atoms with Gasteiger partial charge in [-0.1, -0.05) is 12.1 Å². The van der Waals surface area contributed by atoms with Gasteiger partial charge in [-0.3, -0.25) is 9.59 Å². The van der Waals surface area contributed by atoms with Crippen molar-refractivity contribution >= 4 is 11.9 Å². The number of rotatable bonds is 8. The normalized spacial score (nSPS) is 19.8. The Morgan fingerprint density at radius 1 is 1.28 bits per heavy atom. The Labute approximate surface area is 145 Å². The van der Waals surface area contributed by atoms with Gasteiger partial charge in [-0.25, -0.2) is 8.78 Å². The second-order valence-corrected chi connectivity index (χ2v) is 6.36. The van der Waals surface area contributed by atoms with Crippen LogP contribution in [0.2, 0.25) is 0 Å². The molecular weight excluding hydrogens is 332 g/mol. The number of aliphatic carboxylic acids is 1. The van der Waals surface area contributed by atoms with Crippen LogP contribution in [0.15, 0.2) is 18.2 Å². The standard InChI is InChI=1S/C18H23F2NO4/c1-12-5-6-14(25-12)7-8-16(22)21(10-9-17(23)24)11-13-3-2-4-15(19)18(13)20/h2-4,12,14H,5-11H2,1H3,(H,23,24). The second kappa shape index (κ2) is 8.89. The Bertz CT molecular complexity index is 623. The zero-order valence-corrected chi connectivity index (χ0v) is 14.2. The fourth-order valence-corrected chi connectivity index (χ4v) is 2.94. The molecule has 0 aliphatic carbocycles. The van der Waals surface area contributed by atoms with Crippen molar-refractivity contribution in [3.8, 4) is 0 Å². The summed E-state index contributed by atoms with van der Waals surface area (Å²) in [4.78, 5) is 24.5. The molecule has 0 saturated carbocycles. The van der Waals surface area contributed by atoms with Gasteiger partial charge >= 0.3 is 5.97 Å². The monoisotopic (exact) mass is 355 g/mol. The van der Waals surface area contributed by atoms with Crippen LogP contribution in [-0.2, 0) is 20.9 Å². The van der Waals surface area contributed by atoms with Crippen molar-refractivity contribution in [3.05, 3.63) is 35.4 Å². The van der Waals surface area contributed by atoms with Crippen molar-refractivity contribution in [3.63, 3.8) is 0 Å². The summed E-state index contributed by atoms with van der Waals surface area (Å²) in [7, 11) is 0. The lowest BCUT2D eigenvalue weighted by Crippen LogP contribution is -2.33. The zero-order valence-electron chi connectivity index (χ0n) is 14.2. The highest BCUT2D eigenvalue weighted by Crippen LogP contribution is 2.23. The molecule has 2 atom stereocenters. The molecule has 0 radical (unpaired) electrons. The summed E-state index contributed by atoms with van der Waals surface area (Å²) < 4.78 is 32.9. The molecule has 1 heterocycles. The molecule has 5 nitrogen and oxygen atoms in total. The maximum Gasteiger partial charge on any atom is 0.305 e. The molecule has 1 aromatic carbocycles. The van der Waals surface area contributed by atoms with Crippen molar-refractivity contribution in [2.45, 2.75) is 57.8 Å². The fourth-order valence-electron chi connectivity index (χ4n) is 2.94. The summed E-state index contributed by atoms with van der Waals surface area (Å²) in [5, 5.41) is 8.85. The minimum atomic E-state index is -1.05. The molecule has 0 bridgehead atoms. The summed E-state index contributed by atoms with van der Waals surface area (Å²) in [6.45, 7) is 1.78. The summed E-state index contributed by atoms with van der Waals surface area (Å²) in [6.07, 6.45) is 2.53. The molecule has 1 aromatic rings. The Hall–Kier alpha value is -2.02. The molecule has 0 aromatic heterocycles. The third-order valence-corrected chi connectivity index (χ3v) is 4.34. The zero-order chi connectivity index (χ0) is 18.4. The van der Waals surface area contributed by atoms with Gasteiger partial charge in [0.15, 0.2) is 11.6 Å². The van der Waals surface area contributed by atoms with Gasteiger partial charge in [-0.2, -0.15) is 0 Å². The Kier molecular flexibility index (Phi) is 6.87. The van der Waals surface area contributed by atoms with Crippen molar-refractivity contribution in [2.24, 2.45) is 0 Å². The van der Waals surface area contributed by atoms with E-state index in [4.69, 9.17) is 9.84 Å². The van der Waals surface area contributed by atoms with Gasteiger partial charge in [0.2, 0.25) is 5.91 Å². The molecule has 1 fully saturated rings. The number of hydrogen-bond donors (Lipinski definition) is 1. The highest BCUT2D eigenvalue weighted by atomic mass is 19.2. The number of hydrogen-bond acceptors (Lipinski definition) is 3. The van der Waals surface area contributed by atoms with Crippen LogP contribution < -0.4 is 0 Å². The molecule has 25 heavy (non-hydrogen) atoms. The van der Waals surface area contributed by atoms with E-state index in [0.717, 1.165) is 18.9 Å². The number of carboxylic acid groups (broad SMARTS) is 1. The lowest BCUT2D eigenvalue weighted by Gasteiger charge is -2.23. The van der Waals surface area contributed by atoms with Gasteiger partial charge in [-0.05, 0) is 32.3 Å². The van der Waals surface area contributed by atoms with E-state index >= 15 is 0 Å². The first-order valence-corrected chi connectivity index (χ1v) is 8.44. The summed E-state index contributed by atoms with van der Waals surface area (Å²) in [5.74, 6) is -3.33. The highest BCUT2D eigenvalue weighted by Gasteiger charge is 2.24. The van der Waals surface area contributed by atoms with Crippen LogP contribution >= 0.6 is 0 Å². The molecule has 2 unspecified atom stereocenters. The van der Waals surface area contributed by atoms with Gasteiger partial charge in [0, 0.05) is 25.1 Å². The summed E-state index contributed by atoms with van der Waals surface area (Å²) >= 11 is 0. The first-order valence-electron chi connectivity index (χ1n) is 8.44. The number of carbonyl (C=O) groups is 2. The maximum atomic E-state index is 13.8. The van der Waals surface area contributed by atoms with E-state index in [9.17, 15) is 18.4 Å². The minimum absolute atomic E-state index is 0.0196. The topological polar surface area (TPSA) is 66.8 Å². The molecule has 1 saturated heterocycles. The molecule has 1 N–H and O–H groups in total. The average Bonchev–Trinajstić information content (AvgIpc) is 2.98. The predicted molar refractivity (Wildman–Crippen MR) is 86.8 cm³/mol. The van der Waals surface area contributed by atoms with Crippen molar-refractivity contribution in [1.82, 2.24) is 4.90 Å². The van der Waals surface area contributed by atoms with E-state index in [0.29, 0.717) is 6.42 Å². The number of carboxylic acids is 1. The molecule has 1 aliphatic rings. The smallest absolute Gasteiger partial charge is 0.305 e. The van der Waals surface area contributed by atoms with Gasteiger partial charge in [0.25, 0.3) is 0 Å². The lowest BCUT2D eigenvalue weighted by molar-refractivity contribution is -0.139. The van der Waals surface area contributed by atoms with Crippen molar-refractivity contribution in [1.29, 1.82) is 0 Å². The van der Waals surface area contributed by atoms with Crippen LogP contribution in [0.3, 0.4) is 0 Å².